The quantitative estimate of drug-likeness (QED) is 0.809. The summed E-state index contributed by atoms with van der Waals surface area (Å²) in [7, 11) is 0. The van der Waals surface area contributed by atoms with Crippen molar-refractivity contribution >= 4 is 22.9 Å². The van der Waals surface area contributed by atoms with Crippen LogP contribution in [0.2, 0.25) is 5.02 Å². The van der Waals surface area contributed by atoms with Crippen LogP contribution in [0.25, 0.3) is 0 Å². The summed E-state index contributed by atoms with van der Waals surface area (Å²) in [5, 5.41) is 5.81. The third-order valence-corrected chi connectivity index (χ3v) is 4.23. The topological polar surface area (TPSA) is 12.0 Å². The molecule has 0 saturated heterocycles. The highest BCUT2D eigenvalue weighted by Crippen LogP contribution is 2.30. The molecule has 1 unspecified atom stereocenters. The highest BCUT2D eigenvalue weighted by Gasteiger charge is 2.30. The van der Waals surface area contributed by atoms with Gasteiger partial charge in [0.25, 0.3) is 0 Å². The van der Waals surface area contributed by atoms with Crippen molar-refractivity contribution in [2.75, 3.05) is 0 Å². The van der Waals surface area contributed by atoms with Gasteiger partial charge in [0.15, 0.2) is 0 Å². The van der Waals surface area contributed by atoms with Crippen LogP contribution >= 0.6 is 22.9 Å². The second-order valence-corrected chi connectivity index (χ2v) is 5.89. The maximum absolute atomic E-state index is 12.5. The van der Waals surface area contributed by atoms with E-state index in [0.29, 0.717) is 11.6 Å². The lowest BCUT2D eigenvalue weighted by atomic mass is 10.1. The Labute approximate surface area is 124 Å². The molecule has 1 nitrogen and oxygen atoms in total. The van der Waals surface area contributed by atoms with Crippen LogP contribution in [0.15, 0.2) is 35.7 Å². The number of rotatable bonds is 4. The van der Waals surface area contributed by atoms with E-state index >= 15 is 0 Å². The Kier molecular flexibility index (Phi) is 4.73. The Morgan fingerprint density at radius 3 is 2.40 bits per heavy atom. The summed E-state index contributed by atoms with van der Waals surface area (Å²) in [6, 6.07) is 7.06. The third-order valence-electron chi connectivity index (χ3n) is 2.94. The van der Waals surface area contributed by atoms with Gasteiger partial charge in [-0.25, -0.2) is 0 Å². The van der Waals surface area contributed by atoms with E-state index in [1.54, 1.807) is 11.3 Å². The number of halogens is 4. The molecule has 2 rings (SSSR count). The van der Waals surface area contributed by atoms with Gasteiger partial charge < -0.3 is 5.32 Å². The minimum atomic E-state index is -4.29. The number of nitrogens with one attached hydrogen (secondary N) is 1. The van der Waals surface area contributed by atoms with Gasteiger partial charge in [0, 0.05) is 22.8 Å². The Hall–Kier alpha value is -1.04. The zero-order valence-electron chi connectivity index (χ0n) is 10.7. The molecule has 0 fully saturated rings. The number of benzene rings is 1. The van der Waals surface area contributed by atoms with Crippen molar-refractivity contribution in [2.45, 2.75) is 25.7 Å². The molecule has 108 valence electrons. The molecule has 2 aromatic rings. The fourth-order valence-electron chi connectivity index (χ4n) is 1.78. The number of thiophene rings is 1. The lowest BCUT2D eigenvalue weighted by Crippen LogP contribution is -2.17. The van der Waals surface area contributed by atoms with E-state index < -0.39 is 11.7 Å². The summed E-state index contributed by atoms with van der Waals surface area (Å²) in [5.41, 5.74) is 0.194. The maximum atomic E-state index is 12.5. The van der Waals surface area contributed by atoms with Crippen molar-refractivity contribution in [3.05, 3.63) is 56.7 Å². The van der Waals surface area contributed by atoms with Crippen LogP contribution in [-0.2, 0) is 12.7 Å². The van der Waals surface area contributed by atoms with Crippen molar-refractivity contribution in [3.8, 4) is 0 Å². The highest BCUT2D eigenvalue weighted by molar-refractivity contribution is 7.10. The molecule has 0 bridgehead atoms. The van der Waals surface area contributed by atoms with Gasteiger partial charge in [-0.05, 0) is 30.7 Å². The van der Waals surface area contributed by atoms with Crippen molar-refractivity contribution in [2.24, 2.45) is 0 Å². The Balaban J connectivity index is 1.97. The van der Waals surface area contributed by atoms with Crippen LogP contribution in [0, 0.1) is 0 Å². The normalized spacial score (nSPS) is 13.4. The van der Waals surface area contributed by atoms with Crippen LogP contribution in [0.4, 0.5) is 13.2 Å². The first kappa shape index (κ1) is 15.4. The number of hydrogen-bond donors (Lipinski definition) is 1. The average molecular weight is 320 g/mol. The largest absolute Gasteiger partial charge is 0.416 e. The summed E-state index contributed by atoms with van der Waals surface area (Å²) >= 11 is 7.38. The van der Waals surface area contributed by atoms with Crippen LogP contribution in [-0.4, -0.2) is 0 Å². The van der Waals surface area contributed by atoms with E-state index in [1.165, 1.54) is 12.1 Å². The molecular formula is C14H13ClF3NS. The molecule has 1 atom stereocenters. The second kappa shape index (κ2) is 6.16. The zero-order chi connectivity index (χ0) is 14.8. The third kappa shape index (κ3) is 3.98. The Bertz CT molecular complexity index is 563. The van der Waals surface area contributed by atoms with Gasteiger partial charge in [-0.1, -0.05) is 23.7 Å². The molecule has 0 saturated carbocycles. The Morgan fingerprint density at radius 2 is 1.90 bits per heavy atom. The fourth-order valence-corrected chi connectivity index (χ4v) is 2.80. The Morgan fingerprint density at radius 1 is 1.25 bits per heavy atom. The minimum Gasteiger partial charge on any atom is -0.305 e. The van der Waals surface area contributed by atoms with Gasteiger partial charge in [0.2, 0.25) is 0 Å². The molecule has 0 aliphatic heterocycles. The molecule has 0 aliphatic rings. The van der Waals surface area contributed by atoms with E-state index in [9.17, 15) is 13.2 Å². The first-order chi connectivity index (χ1) is 9.36. The van der Waals surface area contributed by atoms with Crippen LogP contribution in [0.1, 0.15) is 29.0 Å². The van der Waals surface area contributed by atoms with Crippen molar-refractivity contribution in [1.82, 2.24) is 5.32 Å². The van der Waals surface area contributed by atoms with E-state index in [2.05, 4.69) is 5.32 Å². The first-order valence-corrected chi connectivity index (χ1v) is 7.25. The van der Waals surface area contributed by atoms with Gasteiger partial charge in [0.1, 0.15) is 0 Å². The molecule has 1 aromatic heterocycles. The standard InChI is InChI=1S/C14H13ClF3NS/c1-9(19-7-13-6-12(15)8-20-13)10-2-4-11(5-3-10)14(16,17)18/h2-6,8-9,19H,7H2,1H3. The number of alkyl halides is 3. The summed E-state index contributed by atoms with van der Waals surface area (Å²) in [4.78, 5) is 1.09. The van der Waals surface area contributed by atoms with Crippen LogP contribution in [0.5, 0.6) is 0 Å². The highest BCUT2D eigenvalue weighted by atomic mass is 35.5. The maximum Gasteiger partial charge on any atom is 0.416 e. The molecule has 0 radical (unpaired) electrons. The smallest absolute Gasteiger partial charge is 0.305 e. The zero-order valence-corrected chi connectivity index (χ0v) is 12.2. The lowest BCUT2D eigenvalue weighted by molar-refractivity contribution is -0.137. The van der Waals surface area contributed by atoms with Crippen molar-refractivity contribution in [1.29, 1.82) is 0 Å². The van der Waals surface area contributed by atoms with E-state index in [-0.39, 0.29) is 6.04 Å². The summed E-state index contributed by atoms with van der Waals surface area (Å²) < 4.78 is 37.4. The molecule has 1 N–H and O–H groups in total. The molecule has 6 heteroatoms. The van der Waals surface area contributed by atoms with E-state index in [4.69, 9.17) is 11.6 Å². The minimum absolute atomic E-state index is 0.0295. The molecule has 0 spiro atoms. The van der Waals surface area contributed by atoms with Crippen LogP contribution in [0.3, 0.4) is 0 Å². The second-order valence-electron chi connectivity index (χ2n) is 4.45. The molecular weight excluding hydrogens is 307 g/mol. The van der Waals surface area contributed by atoms with E-state index in [1.807, 2.05) is 18.4 Å². The van der Waals surface area contributed by atoms with Gasteiger partial charge in [-0.3, -0.25) is 0 Å². The molecule has 0 amide bonds. The van der Waals surface area contributed by atoms with Crippen LogP contribution < -0.4 is 5.32 Å². The predicted octanol–water partition coefficient (Wildman–Crippen LogP) is 5.27. The SMILES string of the molecule is CC(NCc1cc(Cl)cs1)c1ccc(C(F)(F)F)cc1. The summed E-state index contributed by atoms with van der Waals surface area (Å²) in [6.07, 6.45) is -4.29. The molecule has 20 heavy (non-hydrogen) atoms. The number of hydrogen-bond acceptors (Lipinski definition) is 2. The average Bonchev–Trinajstić information content (AvgIpc) is 2.81. The molecule has 1 aromatic carbocycles. The lowest BCUT2D eigenvalue weighted by Gasteiger charge is -2.15. The monoisotopic (exact) mass is 319 g/mol. The van der Waals surface area contributed by atoms with Gasteiger partial charge in [-0.2, -0.15) is 13.2 Å². The molecule has 1 heterocycles. The van der Waals surface area contributed by atoms with Gasteiger partial charge in [0.05, 0.1) is 10.6 Å². The summed E-state index contributed by atoms with van der Waals surface area (Å²) in [6.45, 7) is 2.55. The molecule has 0 aliphatic carbocycles. The summed E-state index contributed by atoms with van der Waals surface area (Å²) in [5.74, 6) is 0. The fraction of sp³-hybridized carbons (Fsp3) is 0.286. The van der Waals surface area contributed by atoms with E-state index in [0.717, 1.165) is 22.6 Å². The predicted molar refractivity (Wildman–Crippen MR) is 76.0 cm³/mol. The van der Waals surface area contributed by atoms with Crippen molar-refractivity contribution < 1.29 is 13.2 Å². The van der Waals surface area contributed by atoms with Gasteiger partial charge >= 0.3 is 6.18 Å². The van der Waals surface area contributed by atoms with Crippen molar-refractivity contribution in [3.63, 3.8) is 0 Å². The van der Waals surface area contributed by atoms with Gasteiger partial charge in [-0.15, -0.1) is 11.3 Å². The first-order valence-electron chi connectivity index (χ1n) is 5.99.